The first-order valence-corrected chi connectivity index (χ1v) is 11.1. The molecule has 1 aliphatic rings. The quantitative estimate of drug-likeness (QED) is 0.839. The van der Waals surface area contributed by atoms with E-state index in [1.54, 1.807) is 6.07 Å². The average Bonchev–Trinajstić information content (AvgIpc) is 2.36. The zero-order valence-electron chi connectivity index (χ0n) is 13.4. The maximum Gasteiger partial charge on any atom is 0.177 e. The predicted molar refractivity (Wildman–Crippen MR) is 87.9 cm³/mol. The van der Waals surface area contributed by atoms with E-state index in [2.05, 4.69) is 18.7 Å². The summed E-state index contributed by atoms with van der Waals surface area (Å²) in [7, 11) is -6.95. The van der Waals surface area contributed by atoms with Crippen LogP contribution in [0.2, 0.25) is 0 Å². The molecule has 1 fully saturated rings. The highest BCUT2D eigenvalue weighted by Gasteiger charge is 2.28. The summed E-state index contributed by atoms with van der Waals surface area (Å²) in [6.07, 6.45) is 4.20. The van der Waals surface area contributed by atoms with Crippen LogP contribution in [-0.2, 0) is 19.7 Å². The summed E-state index contributed by atoms with van der Waals surface area (Å²) in [5.41, 5.74) is 0.606. The highest BCUT2D eigenvalue weighted by Crippen LogP contribution is 2.33. The van der Waals surface area contributed by atoms with Crippen molar-refractivity contribution in [3.8, 4) is 0 Å². The number of rotatable bonds is 3. The number of benzene rings is 1. The van der Waals surface area contributed by atoms with E-state index in [9.17, 15) is 16.8 Å². The van der Waals surface area contributed by atoms with Gasteiger partial charge in [-0.05, 0) is 43.9 Å². The summed E-state index contributed by atoms with van der Waals surface area (Å²) >= 11 is 0. The Bertz CT molecular complexity index is 769. The minimum absolute atomic E-state index is 0.0368. The number of nitrogens with zero attached hydrogens (tertiary/aromatic N) is 1. The summed E-state index contributed by atoms with van der Waals surface area (Å²) in [6, 6.07) is 4.63. The average molecular weight is 345 g/mol. The van der Waals surface area contributed by atoms with Gasteiger partial charge in [0.15, 0.2) is 19.7 Å². The van der Waals surface area contributed by atoms with E-state index in [1.165, 1.54) is 12.1 Å². The van der Waals surface area contributed by atoms with Crippen molar-refractivity contribution in [3.05, 3.63) is 18.2 Å². The highest BCUT2D eigenvalue weighted by atomic mass is 32.2. The molecule has 5 nitrogen and oxygen atoms in total. The molecule has 22 heavy (non-hydrogen) atoms. The molecule has 2 atom stereocenters. The second-order valence-corrected chi connectivity index (χ2v) is 10.3. The summed E-state index contributed by atoms with van der Waals surface area (Å²) in [5.74, 6) is 0.614. The molecule has 124 valence electrons. The summed E-state index contributed by atoms with van der Waals surface area (Å²) in [4.78, 5) is 2.20. The Balaban J connectivity index is 2.57. The Morgan fingerprint density at radius 3 is 2.18 bits per heavy atom. The molecular formula is C15H23NO4S2. The van der Waals surface area contributed by atoms with Crippen LogP contribution in [0.15, 0.2) is 28.0 Å². The molecular weight excluding hydrogens is 322 g/mol. The maximum atomic E-state index is 12.1. The minimum atomic E-state index is -3.51. The lowest BCUT2D eigenvalue weighted by Crippen LogP contribution is -2.40. The van der Waals surface area contributed by atoms with Gasteiger partial charge in [-0.2, -0.15) is 0 Å². The second-order valence-electron chi connectivity index (χ2n) is 6.35. The van der Waals surface area contributed by atoms with E-state index >= 15 is 0 Å². The van der Waals surface area contributed by atoms with Crippen molar-refractivity contribution >= 4 is 25.4 Å². The summed E-state index contributed by atoms with van der Waals surface area (Å²) < 4.78 is 47.6. The van der Waals surface area contributed by atoms with Crippen LogP contribution in [0, 0.1) is 5.92 Å². The lowest BCUT2D eigenvalue weighted by atomic mass is 9.93. The van der Waals surface area contributed by atoms with Gasteiger partial charge >= 0.3 is 0 Å². The van der Waals surface area contributed by atoms with Crippen LogP contribution in [0.25, 0.3) is 0 Å². The van der Waals surface area contributed by atoms with Gasteiger partial charge in [0.2, 0.25) is 0 Å². The van der Waals surface area contributed by atoms with Gasteiger partial charge in [0.1, 0.15) is 0 Å². The van der Waals surface area contributed by atoms with Crippen molar-refractivity contribution in [2.24, 2.45) is 5.92 Å². The van der Waals surface area contributed by atoms with Crippen molar-refractivity contribution in [2.45, 2.75) is 42.5 Å². The van der Waals surface area contributed by atoms with Crippen LogP contribution >= 0.6 is 0 Å². The molecule has 1 aliphatic heterocycles. The molecule has 0 saturated carbocycles. The zero-order chi connectivity index (χ0) is 16.7. The van der Waals surface area contributed by atoms with Gasteiger partial charge in [0, 0.05) is 25.1 Å². The molecule has 0 aromatic heterocycles. The lowest BCUT2D eigenvalue weighted by Gasteiger charge is -2.39. The fraction of sp³-hybridized carbons (Fsp3) is 0.600. The largest absolute Gasteiger partial charge is 0.368 e. The maximum absolute atomic E-state index is 12.1. The third kappa shape index (κ3) is 3.63. The van der Waals surface area contributed by atoms with Crippen LogP contribution < -0.4 is 4.90 Å². The molecule has 0 bridgehead atoms. The Morgan fingerprint density at radius 1 is 1.05 bits per heavy atom. The molecule has 0 unspecified atom stereocenters. The third-order valence-corrected chi connectivity index (χ3v) is 6.44. The minimum Gasteiger partial charge on any atom is -0.368 e. The van der Waals surface area contributed by atoms with Gasteiger partial charge in [-0.15, -0.1) is 0 Å². The van der Waals surface area contributed by atoms with Gasteiger partial charge in [0.05, 0.1) is 15.5 Å². The fourth-order valence-electron chi connectivity index (χ4n) is 3.02. The van der Waals surface area contributed by atoms with Crippen LogP contribution in [0.1, 0.15) is 26.7 Å². The SMILES string of the molecule is C[C@@H]1CCN(c2ccc(S(C)(=O)=O)cc2S(C)(=O)=O)[C@H](C)C1. The molecule has 0 N–H and O–H groups in total. The molecule has 1 aromatic carbocycles. The van der Waals surface area contributed by atoms with Crippen LogP contribution in [0.3, 0.4) is 0 Å². The lowest BCUT2D eigenvalue weighted by molar-refractivity contribution is 0.376. The van der Waals surface area contributed by atoms with E-state index in [0.717, 1.165) is 31.9 Å². The smallest absolute Gasteiger partial charge is 0.177 e. The van der Waals surface area contributed by atoms with E-state index in [0.29, 0.717) is 11.6 Å². The summed E-state index contributed by atoms with van der Waals surface area (Å²) in [5, 5.41) is 0. The highest BCUT2D eigenvalue weighted by molar-refractivity contribution is 7.91. The van der Waals surface area contributed by atoms with Crippen molar-refractivity contribution in [3.63, 3.8) is 0 Å². The Hall–Kier alpha value is -1.08. The first kappa shape index (κ1) is 17.3. The van der Waals surface area contributed by atoms with Crippen molar-refractivity contribution < 1.29 is 16.8 Å². The van der Waals surface area contributed by atoms with Crippen molar-refractivity contribution in [1.82, 2.24) is 0 Å². The number of sulfone groups is 2. The van der Waals surface area contributed by atoms with Crippen molar-refractivity contribution in [1.29, 1.82) is 0 Å². The topological polar surface area (TPSA) is 71.5 Å². The van der Waals surface area contributed by atoms with Gasteiger partial charge < -0.3 is 4.90 Å². The van der Waals surface area contributed by atoms with E-state index in [1.807, 2.05) is 0 Å². The number of hydrogen-bond donors (Lipinski definition) is 0. The molecule has 1 aromatic rings. The molecule has 0 aliphatic carbocycles. The molecule has 2 rings (SSSR count). The molecule has 0 radical (unpaired) electrons. The standard InChI is InChI=1S/C15H23NO4S2/c1-11-7-8-16(12(2)9-11)14-6-5-13(21(3,17)18)10-15(14)22(4,19)20/h5-6,10-12H,7-9H2,1-4H3/t11-,12-/m1/s1. The van der Waals surface area contributed by atoms with E-state index in [-0.39, 0.29) is 15.8 Å². The number of hydrogen-bond acceptors (Lipinski definition) is 5. The molecule has 0 spiro atoms. The van der Waals surface area contributed by atoms with Crippen LogP contribution in [-0.4, -0.2) is 41.9 Å². The predicted octanol–water partition coefficient (Wildman–Crippen LogP) is 2.12. The van der Waals surface area contributed by atoms with Gasteiger partial charge in [-0.3, -0.25) is 0 Å². The van der Waals surface area contributed by atoms with Crippen LogP contribution in [0.5, 0.6) is 0 Å². The molecule has 7 heteroatoms. The van der Waals surface area contributed by atoms with Crippen LogP contribution in [0.4, 0.5) is 5.69 Å². The van der Waals surface area contributed by atoms with Gasteiger partial charge in [-0.1, -0.05) is 6.92 Å². The Morgan fingerprint density at radius 2 is 1.68 bits per heavy atom. The molecule has 1 heterocycles. The fourth-order valence-corrected chi connectivity index (χ4v) is 4.65. The molecule has 1 saturated heterocycles. The third-order valence-electron chi connectivity index (χ3n) is 4.21. The first-order chi connectivity index (χ1) is 10.00. The van der Waals surface area contributed by atoms with E-state index < -0.39 is 19.7 Å². The van der Waals surface area contributed by atoms with Gasteiger partial charge in [-0.25, -0.2) is 16.8 Å². The molecule has 0 amide bonds. The van der Waals surface area contributed by atoms with E-state index in [4.69, 9.17) is 0 Å². The van der Waals surface area contributed by atoms with Crippen molar-refractivity contribution in [2.75, 3.05) is 24.0 Å². The number of piperidine rings is 1. The number of anilines is 1. The zero-order valence-corrected chi connectivity index (χ0v) is 15.0. The monoisotopic (exact) mass is 345 g/mol. The summed E-state index contributed by atoms with van der Waals surface area (Å²) in [6.45, 7) is 5.05. The Kier molecular flexibility index (Phi) is 4.59. The Labute approximate surface area is 133 Å². The first-order valence-electron chi connectivity index (χ1n) is 7.31. The van der Waals surface area contributed by atoms with Gasteiger partial charge in [0.25, 0.3) is 0 Å². The second kappa shape index (κ2) is 5.85. The normalized spacial score (nSPS) is 23.5.